The molecule has 0 fully saturated rings. The molecule has 0 saturated carbocycles. The SMILES string of the molecule is COc1cc2c(cc1F)[nH]c(=S)n2-c1ccc(I)cc1Cl. The van der Waals surface area contributed by atoms with Crippen molar-refractivity contribution < 1.29 is 9.13 Å². The zero-order chi connectivity index (χ0) is 15.1. The monoisotopic (exact) mass is 434 g/mol. The molecule has 3 aromatic rings. The van der Waals surface area contributed by atoms with Crippen LogP contribution in [-0.4, -0.2) is 16.7 Å². The third kappa shape index (κ3) is 2.56. The third-order valence-corrected chi connectivity index (χ3v) is 4.36. The van der Waals surface area contributed by atoms with E-state index in [1.807, 2.05) is 18.2 Å². The number of rotatable bonds is 2. The number of imidazole rings is 1. The molecule has 0 atom stereocenters. The van der Waals surface area contributed by atoms with Crippen LogP contribution < -0.4 is 4.74 Å². The maximum Gasteiger partial charge on any atom is 0.182 e. The van der Waals surface area contributed by atoms with Crippen molar-refractivity contribution in [2.75, 3.05) is 7.11 Å². The van der Waals surface area contributed by atoms with Crippen LogP contribution in [0.2, 0.25) is 5.02 Å². The minimum atomic E-state index is -0.442. The van der Waals surface area contributed by atoms with E-state index in [0.29, 0.717) is 20.8 Å². The third-order valence-electron chi connectivity index (χ3n) is 3.11. The second-order valence-corrected chi connectivity index (χ2v) is 6.40. The Morgan fingerprint density at radius 1 is 1.33 bits per heavy atom. The number of halogens is 3. The number of benzene rings is 2. The number of H-pyrrole nitrogens is 1. The van der Waals surface area contributed by atoms with Crippen molar-refractivity contribution in [1.29, 1.82) is 0 Å². The standard InChI is InChI=1S/C14H9ClFIN2OS/c1-20-13-6-12-10(5-9(13)16)18-14(21)19(12)11-3-2-7(17)4-8(11)15/h2-6H,1H3,(H,18,21). The fraction of sp³-hybridized carbons (Fsp3) is 0.0714. The van der Waals surface area contributed by atoms with E-state index in [4.69, 9.17) is 28.6 Å². The molecule has 0 spiro atoms. The van der Waals surface area contributed by atoms with Crippen LogP contribution in [-0.2, 0) is 0 Å². The van der Waals surface area contributed by atoms with Crippen molar-refractivity contribution in [3.63, 3.8) is 0 Å². The zero-order valence-electron chi connectivity index (χ0n) is 10.8. The Labute approximate surface area is 143 Å². The molecule has 3 nitrogen and oxygen atoms in total. The normalized spacial score (nSPS) is 11.0. The van der Waals surface area contributed by atoms with Crippen LogP contribution in [0.25, 0.3) is 16.7 Å². The highest BCUT2D eigenvalue weighted by atomic mass is 127. The molecule has 0 aliphatic rings. The summed E-state index contributed by atoms with van der Waals surface area (Å²) in [4.78, 5) is 2.98. The van der Waals surface area contributed by atoms with Gasteiger partial charge in [0.1, 0.15) is 0 Å². The maximum atomic E-state index is 13.8. The molecular weight excluding hydrogens is 426 g/mol. The van der Waals surface area contributed by atoms with Gasteiger partial charge in [-0.15, -0.1) is 0 Å². The first kappa shape index (κ1) is 14.8. The molecule has 3 rings (SSSR count). The van der Waals surface area contributed by atoms with Gasteiger partial charge in [0.2, 0.25) is 0 Å². The molecule has 0 amide bonds. The summed E-state index contributed by atoms with van der Waals surface area (Å²) in [5.74, 6) is -0.283. The van der Waals surface area contributed by atoms with Crippen LogP contribution in [0.15, 0.2) is 30.3 Å². The number of ether oxygens (including phenoxy) is 1. The molecule has 108 valence electrons. The number of aromatic amines is 1. The fourth-order valence-corrected chi connectivity index (χ4v) is 3.41. The minimum Gasteiger partial charge on any atom is -0.494 e. The average Bonchev–Trinajstić information content (AvgIpc) is 2.73. The van der Waals surface area contributed by atoms with Gasteiger partial charge < -0.3 is 9.72 Å². The van der Waals surface area contributed by atoms with Crippen LogP contribution in [0.4, 0.5) is 4.39 Å². The summed E-state index contributed by atoms with van der Waals surface area (Å²) >= 11 is 13.8. The van der Waals surface area contributed by atoms with Crippen molar-refractivity contribution in [3.05, 3.63) is 49.5 Å². The molecule has 0 aliphatic heterocycles. The molecule has 1 aromatic heterocycles. The lowest BCUT2D eigenvalue weighted by Crippen LogP contribution is -1.96. The van der Waals surface area contributed by atoms with E-state index in [1.54, 1.807) is 10.6 Å². The average molecular weight is 435 g/mol. The largest absolute Gasteiger partial charge is 0.494 e. The van der Waals surface area contributed by atoms with Gasteiger partial charge in [0.15, 0.2) is 16.3 Å². The molecule has 0 unspecified atom stereocenters. The molecule has 0 radical (unpaired) electrons. The summed E-state index contributed by atoms with van der Waals surface area (Å²) in [5.41, 5.74) is 2.04. The number of fused-ring (bicyclic) bond motifs is 1. The highest BCUT2D eigenvalue weighted by molar-refractivity contribution is 14.1. The van der Waals surface area contributed by atoms with E-state index in [2.05, 4.69) is 27.6 Å². The Balaban J connectivity index is 2.36. The zero-order valence-corrected chi connectivity index (χ0v) is 14.5. The van der Waals surface area contributed by atoms with Crippen molar-refractivity contribution in [1.82, 2.24) is 9.55 Å². The van der Waals surface area contributed by atoms with E-state index >= 15 is 0 Å². The number of hydrogen-bond donors (Lipinski definition) is 1. The number of aromatic nitrogens is 2. The van der Waals surface area contributed by atoms with Gasteiger partial charge in [0.05, 0.1) is 28.9 Å². The first-order chi connectivity index (χ1) is 10.0. The van der Waals surface area contributed by atoms with Crippen molar-refractivity contribution in [2.45, 2.75) is 0 Å². The van der Waals surface area contributed by atoms with Crippen LogP contribution in [0.1, 0.15) is 0 Å². The van der Waals surface area contributed by atoms with Crippen molar-refractivity contribution >= 4 is 57.4 Å². The van der Waals surface area contributed by atoms with E-state index in [-0.39, 0.29) is 5.75 Å². The molecular formula is C14H9ClFIN2OS. The number of methoxy groups -OCH3 is 1. The molecule has 2 aromatic carbocycles. The molecule has 1 N–H and O–H groups in total. The van der Waals surface area contributed by atoms with Crippen LogP contribution in [0.5, 0.6) is 5.75 Å². The number of hydrogen-bond acceptors (Lipinski definition) is 2. The summed E-state index contributed by atoms with van der Waals surface area (Å²) in [6.45, 7) is 0. The Morgan fingerprint density at radius 3 is 2.76 bits per heavy atom. The predicted molar refractivity (Wildman–Crippen MR) is 92.7 cm³/mol. The van der Waals surface area contributed by atoms with Gasteiger partial charge in [-0.25, -0.2) is 4.39 Å². The Kier molecular flexibility index (Phi) is 3.94. The molecule has 0 aliphatic carbocycles. The second kappa shape index (κ2) is 5.58. The number of nitrogens with zero attached hydrogens (tertiary/aromatic N) is 1. The summed E-state index contributed by atoms with van der Waals surface area (Å²) in [6, 6.07) is 8.62. The summed E-state index contributed by atoms with van der Waals surface area (Å²) < 4.78 is 22.1. The molecule has 1 heterocycles. The first-order valence-corrected chi connectivity index (χ1v) is 7.81. The summed E-state index contributed by atoms with van der Waals surface area (Å²) in [5, 5.41) is 0.571. The van der Waals surface area contributed by atoms with Gasteiger partial charge in [-0.05, 0) is 53.0 Å². The summed E-state index contributed by atoms with van der Waals surface area (Å²) in [6.07, 6.45) is 0. The summed E-state index contributed by atoms with van der Waals surface area (Å²) in [7, 11) is 1.42. The van der Waals surface area contributed by atoms with Gasteiger partial charge in [-0.3, -0.25) is 4.57 Å². The number of nitrogens with one attached hydrogen (secondary N) is 1. The fourth-order valence-electron chi connectivity index (χ4n) is 2.17. The maximum absolute atomic E-state index is 13.8. The highest BCUT2D eigenvalue weighted by Gasteiger charge is 2.13. The lowest BCUT2D eigenvalue weighted by atomic mass is 10.2. The van der Waals surface area contributed by atoms with E-state index in [9.17, 15) is 4.39 Å². The lowest BCUT2D eigenvalue weighted by Gasteiger charge is -2.08. The Bertz CT molecular complexity index is 906. The Hall–Kier alpha value is -1.12. The Morgan fingerprint density at radius 2 is 2.10 bits per heavy atom. The topological polar surface area (TPSA) is 29.9 Å². The van der Waals surface area contributed by atoms with E-state index in [0.717, 1.165) is 9.26 Å². The van der Waals surface area contributed by atoms with Crippen LogP contribution >= 0.6 is 46.4 Å². The van der Waals surface area contributed by atoms with Gasteiger partial charge >= 0.3 is 0 Å². The molecule has 0 saturated heterocycles. The van der Waals surface area contributed by atoms with E-state index < -0.39 is 5.82 Å². The highest BCUT2D eigenvalue weighted by Crippen LogP contribution is 2.30. The van der Waals surface area contributed by atoms with E-state index in [1.165, 1.54) is 13.2 Å². The second-order valence-electron chi connectivity index (χ2n) is 4.37. The van der Waals surface area contributed by atoms with Gasteiger partial charge in [-0.2, -0.15) is 0 Å². The molecule has 0 bridgehead atoms. The van der Waals surface area contributed by atoms with Crippen LogP contribution in [0.3, 0.4) is 0 Å². The minimum absolute atomic E-state index is 0.159. The van der Waals surface area contributed by atoms with Crippen LogP contribution in [0, 0.1) is 14.2 Å². The first-order valence-electron chi connectivity index (χ1n) is 5.95. The quantitative estimate of drug-likeness (QED) is 0.450. The van der Waals surface area contributed by atoms with Gasteiger partial charge in [0.25, 0.3) is 0 Å². The van der Waals surface area contributed by atoms with Crippen molar-refractivity contribution in [2.24, 2.45) is 0 Å². The lowest BCUT2D eigenvalue weighted by molar-refractivity contribution is 0.387. The molecule has 7 heteroatoms. The van der Waals surface area contributed by atoms with Gasteiger partial charge in [0, 0.05) is 15.7 Å². The van der Waals surface area contributed by atoms with Gasteiger partial charge in [-0.1, -0.05) is 11.6 Å². The predicted octanol–water partition coefficient (Wildman–Crippen LogP) is 5.09. The molecule has 21 heavy (non-hydrogen) atoms. The smallest absolute Gasteiger partial charge is 0.182 e. The van der Waals surface area contributed by atoms with Crippen molar-refractivity contribution in [3.8, 4) is 11.4 Å².